The Bertz CT molecular complexity index is 1710. The van der Waals surface area contributed by atoms with E-state index in [9.17, 15) is 4.79 Å². The number of allylic oxidation sites excluding steroid dienone is 1. The molecular formula is C36H33NO2. The average Bonchev–Trinajstić information content (AvgIpc) is 3.35. The van der Waals surface area contributed by atoms with Gasteiger partial charge in [0.25, 0.3) is 0 Å². The van der Waals surface area contributed by atoms with Gasteiger partial charge in [-0.05, 0) is 90.4 Å². The molecule has 0 unspecified atom stereocenters. The van der Waals surface area contributed by atoms with Crippen LogP contribution >= 0.6 is 0 Å². The fraction of sp³-hybridized carbons (Fsp3) is 0.278. The highest BCUT2D eigenvalue weighted by Gasteiger charge is 2.73. The van der Waals surface area contributed by atoms with Crippen LogP contribution in [0, 0.1) is 19.3 Å². The van der Waals surface area contributed by atoms with Gasteiger partial charge in [-0.2, -0.15) is 0 Å². The Hall–Kier alpha value is -3.82. The molecule has 3 atom stereocenters. The summed E-state index contributed by atoms with van der Waals surface area (Å²) in [5, 5.41) is 2.08. The molecule has 1 heterocycles. The van der Waals surface area contributed by atoms with Gasteiger partial charge in [0.15, 0.2) is 11.6 Å². The van der Waals surface area contributed by atoms with E-state index in [1.807, 2.05) is 24.3 Å². The van der Waals surface area contributed by atoms with E-state index in [4.69, 9.17) is 0 Å². The van der Waals surface area contributed by atoms with Gasteiger partial charge >= 0.3 is 0 Å². The molecule has 0 radical (unpaired) electrons. The third kappa shape index (κ3) is 3.02. The molecule has 3 heteroatoms. The number of carbonyl (C=O) groups is 2. The van der Waals surface area contributed by atoms with Gasteiger partial charge in [-0.15, -0.1) is 0 Å². The SMILES string of the molecule is Cc1ccccc1/C=C1\CCC[C@@]2(C1=O)[C@@H](c1ccccc1C)CN(C)[C@@]21C(=O)c2cccc3cccc1c23. The van der Waals surface area contributed by atoms with Crippen molar-refractivity contribution in [3.8, 4) is 0 Å². The Labute approximate surface area is 230 Å². The number of fused-ring (bicyclic) bond motifs is 2. The van der Waals surface area contributed by atoms with Crippen LogP contribution < -0.4 is 0 Å². The van der Waals surface area contributed by atoms with E-state index in [2.05, 4.69) is 92.5 Å². The number of likely N-dealkylation sites (N-methyl/N-ethyl adjacent to an activating group) is 1. The molecule has 2 spiro atoms. The van der Waals surface area contributed by atoms with Gasteiger partial charge in [0.2, 0.25) is 0 Å². The van der Waals surface area contributed by atoms with Crippen molar-refractivity contribution in [2.45, 2.75) is 44.6 Å². The fourth-order valence-electron chi connectivity index (χ4n) is 8.29. The fourth-order valence-corrected chi connectivity index (χ4v) is 8.29. The lowest BCUT2D eigenvalue weighted by molar-refractivity contribution is -0.132. The molecule has 4 aromatic rings. The third-order valence-corrected chi connectivity index (χ3v) is 9.93. The lowest BCUT2D eigenvalue weighted by Gasteiger charge is -2.49. The van der Waals surface area contributed by atoms with Gasteiger partial charge in [-0.1, -0.05) is 84.9 Å². The summed E-state index contributed by atoms with van der Waals surface area (Å²) in [4.78, 5) is 32.4. The van der Waals surface area contributed by atoms with Gasteiger partial charge in [0.1, 0.15) is 5.54 Å². The number of rotatable bonds is 2. The maximum Gasteiger partial charge on any atom is 0.189 e. The molecule has 4 aromatic carbocycles. The maximum atomic E-state index is 15.2. The van der Waals surface area contributed by atoms with E-state index in [0.717, 1.165) is 51.4 Å². The molecule has 1 aliphatic heterocycles. The molecule has 194 valence electrons. The number of ketones is 2. The van der Waals surface area contributed by atoms with Crippen LogP contribution in [0.15, 0.2) is 90.5 Å². The van der Waals surface area contributed by atoms with E-state index < -0.39 is 11.0 Å². The van der Waals surface area contributed by atoms with Crippen molar-refractivity contribution in [3.05, 3.63) is 124 Å². The zero-order chi connectivity index (χ0) is 26.9. The zero-order valence-electron chi connectivity index (χ0n) is 22.8. The highest BCUT2D eigenvalue weighted by molar-refractivity contribution is 6.24. The maximum absolute atomic E-state index is 15.2. The minimum atomic E-state index is -1.04. The minimum absolute atomic E-state index is 0.0818. The van der Waals surface area contributed by atoms with Crippen LogP contribution in [-0.4, -0.2) is 30.1 Å². The van der Waals surface area contributed by atoms with E-state index in [1.54, 1.807) is 0 Å². The van der Waals surface area contributed by atoms with Gasteiger partial charge < -0.3 is 0 Å². The summed E-state index contributed by atoms with van der Waals surface area (Å²) in [5.41, 5.74) is 5.26. The number of hydrogen-bond donors (Lipinski definition) is 0. The first-order valence-corrected chi connectivity index (χ1v) is 14.1. The summed E-state index contributed by atoms with van der Waals surface area (Å²) < 4.78 is 0. The van der Waals surface area contributed by atoms with Gasteiger partial charge in [-0.25, -0.2) is 0 Å². The summed E-state index contributed by atoms with van der Waals surface area (Å²) in [5.74, 6) is 0.136. The second-order valence-corrected chi connectivity index (χ2v) is 11.7. The normalized spacial score (nSPS) is 27.5. The first-order chi connectivity index (χ1) is 18.9. The molecular weight excluding hydrogens is 478 g/mol. The van der Waals surface area contributed by atoms with Crippen LogP contribution in [0.25, 0.3) is 16.8 Å². The lowest BCUT2D eigenvalue weighted by Crippen LogP contribution is -2.59. The summed E-state index contributed by atoms with van der Waals surface area (Å²) in [6, 6.07) is 29.0. The van der Waals surface area contributed by atoms with Crippen molar-refractivity contribution in [3.63, 3.8) is 0 Å². The van der Waals surface area contributed by atoms with Crippen molar-refractivity contribution in [1.82, 2.24) is 4.90 Å². The average molecular weight is 512 g/mol. The summed E-state index contributed by atoms with van der Waals surface area (Å²) in [7, 11) is 2.06. The minimum Gasteiger partial charge on any atom is -0.294 e. The third-order valence-electron chi connectivity index (χ3n) is 9.93. The largest absolute Gasteiger partial charge is 0.294 e. The van der Waals surface area contributed by atoms with Crippen molar-refractivity contribution in [2.75, 3.05) is 13.6 Å². The molecule has 2 fully saturated rings. The Morgan fingerprint density at radius 3 is 2.31 bits per heavy atom. The molecule has 0 amide bonds. The highest BCUT2D eigenvalue weighted by atomic mass is 16.1. The topological polar surface area (TPSA) is 37.4 Å². The predicted molar refractivity (Wildman–Crippen MR) is 157 cm³/mol. The summed E-state index contributed by atoms with van der Waals surface area (Å²) in [6.45, 7) is 4.88. The first kappa shape index (κ1) is 24.2. The van der Waals surface area contributed by atoms with Crippen LogP contribution in [0.4, 0.5) is 0 Å². The molecule has 0 bridgehead atoms. The molecule has 1 saturated carbocycles. The van der Waals surface area contributed by atoms with Crippen molar-refractivity contribution in [2.24, 2.45) is 5.41 Å². The van der Waals surface area contributed by atoms with Crippen LogP contribution in [-0.2, 0) is 10.3 Å². The van der Waals surface area contributed by atoms with Gasteiger partial charge in [0.05, 0.1) is 5.41 Å². The Morgan fingerprint density at radius 1 is 0.821 bits per heavy atom. The number of nitrogens with zero attached hydrogens (tertiary/aromatic N) is 1. The summed E-state index contributed by atoms with van der Waals surface area (Å²) in [6.07, 6.45) is 4.41. The predicted octanol–water partition coefficient (Wildman–Crippen LogP) is 7.40. The standard InChI is InChI=1S/C36H33NO2/c1-23-11-4-6-13-26(23)21-27-16-10-20-35(33(27)38)31(28-17-7-5-12-24(28)2)22-37(3)36(35)30-19-9-15-25-14-8-18-29(32(25)30)34(36)39/h4-9,11-15,17-19,21,31H,10,16,20,22H2,1-3H3/b27-21+/t31-,35+,36+/m1/s1. The molecule has 3 aliphatic rings. The van der Waals surface area contributed by atoms with Gasteiger partial charge in [-0.3, -0.25) is 14.5 Å². The summed E-state index contributed by atoms with van der Waals surface area (Å²) >= 11 is 0. The van der Waals surface area contributed by atoms with Crippen LogP contribution in [0.1, 0.15) is 63.4 Å². The number of carbonyl (C=O) groups excluding carboxylic acids is 2. The Kier molecular flexibility index (Phi) is 5.34. The lowest BCUT2D eigenvalue weighted by atomic mass is 9.52. The van der Waals surface area contributed by atoms with E-state index in [1.165, 1.54) is 11.1 Å². The number of benzene rings is 4. The quantitative estimate of drug-likeness (QED) is 0.263. The Morgan fingerprint density at radius 2 is 1.54 bits per heavy atom. The number of aryl methyl sites for hydroxylation is 2. The zero-order valence-corrected chi connectivity index (χ0v) is 22.8. The number of Topliss-reactive ketones (excluding diaryl/α,β-unsaturated/α-hetero) is 2. The smallest absolute Gasteiger partial charge is 0.189 e. The van der Waals surface area contributed by atoms with E-state index >= 15 is 4.79 Å². The Balaban J connectivity index is 1.54. The van der Waals surface area contributed by atoms with Crippen LogP contribution in [0.3, 0.4) is 0 Å². The van der Waals surface area contributed by atoms with E-state index in [-0.39, 0.29) is 17.5 Å². The van der Waals surface area contributed by atoms with Crippen molar-refractivity contribution < 1.29 is 9.59 Å². The number of hydrogen-bond acceptors (Lipinski definition) is 3. The molecule has 39 heavy (non-hydrogen) atoms. The second-order valence-electron chi connectivity index (χ2n) is 11.7. The molecule has 7 rings (SSSR count). The first-order valence-electron chi connectivity index (χ1n) is 14.1. The van der Waals surface area contributed by atoms with Crippen molar-refractivity contribution >= 4 is 28.4 Å². The molecule has 0 N–H and O–H groups in total. The second kappa shape index (κ2) is 8.59. The number of likely N-dealkylation sites (tertiary alicyclic amines) is 1. The van der Waals surface area contributed by atoms with Crippen LogP contribution in [0.2, 0.25) is 0 Å². The van der Waals surface area contributed by atoms with Crippen molar-refractivity contribution in [1.29, 1.82) is 0 Å². The highest BCUT2D eigenvalue weighted by Crippen LogP contribution is 2.67. The molecule has 0 aromatic heterocycles. The monoisotopic (exact) mass is 511 g/mol. The molecule has 3 nitrogen and oxygen atoms in total. The molecule has 1 saturated heterocycles. The van der Waals surface area contributed by atoms with E-state index in [0.29, 0.717) is 13.0 Å². The molecule has 2 aliphatic carbocycles. The van der Waals surface area contributed by atoms with Crippen LogP contribution in [0.5, 0.6) is 0 Å². The van der Waals surface area contributed by atoms with Gasteiger partial charge in [0, 0.05) is 18.0 Å².